The van der Waals surface area contributed by atoms with E-state index in [9.17, 15) is 0 Å². The van der Waals surface area contributed by atoms with E-state index in [0.717, 1.165) is 17.1 Å². The Labute approximate surface area is 98.9 Å². The third-order valence-electron chi connectivity index (χ3n) is 2.36. The SMILES string of the molecule is COc1ccc(Cn2ncc(N)n2)c(OC)c1. The van der Waals surface area contributed by atoms with Crippen LogP contribution in [0.25, 0.3) is 0 Å². The summed E-state index contributed by atoms with van der Waals surface area (Å²) >= 11 is 0. The van der Waals surface area contributed by atoms with Gasteiger partial charge >= 0.3 is 0 Å². The summed E-state index contributed by atoms with van der Waals surface area (Å²) in [4.78, 5) is 1.51. The van der Waals surface area contributed by atoms with Gasteiger partial charge in [0, 0.05) is 11.6 Å². The van der Waals surface area contributed by atoms with Crippen molar-refractivity contribution in [2.45, 2.75) is 6.54 Å². The monoisotopic (exact) mass is 234 g/mol. The third kappa shape index (κ3) is 2.47. The van der Waals surface area contributed by atoms with Crippen molar-refractivity contribution in [2.24, 2.45) is 0 Å². The summed E-state index contributed by atoms with van der Waals surface area (Å²) in [5.41, 5.74) is 6.46. The van der Waals surface area contributed by atoms with E-state index >= 15 is 0 Å². The van der Waals surface area contributed by atoms with Crippen LogP contribution < -0.4 is 15.2 Å². The molecule has 0 bridgehead atoms. The maximum Gasteiger partial charge on any atom is 0.165 e. The zero-order chi connectivity index (χ0) is 12.3. The molecule has 0 saturated heterocycles. The molecule has 1 heterocycles. The number of aromatic nitrogens is 3. The predicted octanol–water partition coefficient (Wildman–Crippen LogP) is 0.926. The highest BCUT2D eigenvalue weighted by Crippen LogP contribution is 2.24. The van der Waals surface area contributed by atoms with Gasteiger partial charge in [-0.25, -0.2) is 0 Å². The highest BCUT2D eigenvalue weighted by atomic mass is 16.5. The fourth-order valence-electron chi connectivity index (χ4n) is 1.52. The Kier molecular flexibility index (Phi) is 3.13. The second kappa shape index (κ2) is 4.73. The Balaban J connectivity index is 2.26. The molecule has 17 heavy (non-hydrogen) atoms. The summed E-state index contributed by atoms with van der Waals surface area (Å²) in [6.45, 7) is 0.504. The molecule has 0 spiro atoms. The van der Waals surface area contributed by atoms with Gasteiger partial charge in [0.25, 0.3) is 0 Å². The Morgan fingerprint density at radius 2 is 2.12 bits per heavy atom. The minimum Gasteiger partial charge on any atom is -0.497 e. The number of hydrogen-bond acceptors (Lipinski definition) is 5. The molecule has 0 radical (unpaired) electrons. The first kappa shape index (κ1) is 11.3. The molecule has 0 atom stereocenters. The van der Waals surface area contributed by atoms with Gasteiger partial charge in [-0.3, -0.25) is 0 Å². The highest BCUT2D eigenvalue weighted by Gasteiger charge is 2.07. The van der Waals surface area contributed by atoms with Gasteiger partial charge in [-0.15, -0.1) is 5.10 Å². The van der Waals surface area contributed by atoms with Crippen LogP contribution in [0.4, 0.5) is 5.82 Å². The van der Waals surface area contributed by atoms with E-state index < -0.39 is 0 Å². The molecule has 0 fully saturated rings. The summed E-state index contributed by atoms with van der Waals surface area (Å²) in [5, 5.41) is 8.04. The Morgan fingerprint density at radius 3 is 2.71 bits per heavy atom. The van der Waals surface area contributed by atoms with Crippen molar-refractivity contribution in [3.63, 3.8) is 0 Å². The number of nitrogen functional groups attached to an aromatic ring is 1. The van der Waals surface area contributed by atoms with Gasteiger partial charge in [0.2, 0.25) is 0 Å². The maximum absolute atomic E-state index is 5.50. The lowest BCUT2D eigenvalue weighted by molar-refractivity contribution is 0.388. The maximum atomic E-state index is 5.50. The molecule has 0 aliphatic carbocycles. The van der Waals surface area contributed by atoms with Gasteiger partial charge in [0.15, 0.2) is 5.82 Å². The normalized spacial score (nSPS) is 10.2. The summed E-state index contributed by atoms with van der Waals surface area (Å²) < 4.78 is 10.4. The topological polar surface area (TPSA) is 75.2 Å². The number of rotatable bonds is 4. The van der Waals surface area contributed by atoms with E-state index in [1.54, 1.807) is 14.2 Å². The smallest absolute Gasteiger partial charge is 0.165 e. The van der Waals surface area contributed by atoms with Crippen LogP contribution in [-0.2, 0) is 6.54 Å². The molecule has 6 heteroatoms. The molecule has 0 amide bonds. The van der Waals surface area contributed by atoms with Crippen LogP contribution >= 0.6 is 0 Å². The Morgan fingerprint density at radius 1 is 1.29 bits per heavy atom. The van der Waals surface area contributed by atoms with E-state index in [-0.39, 0.29) is 0 Å². The molecule has 2 aromatic rings. The lowest BCUT2D eigenvalue weighted by Crippen LogP contribution is -2.05. The summed E-state index contributed by atoms with van der Waals surface area (Å²) in [6, 6.07) is 5.60. The number of benzene rings is 1. The average Bonchev–Trinajstić information content (AvgIpc) is 2.75. The van der Waals surface area contributed by atoms with Gasteiger partial charge < -0.3 is 15.2 Å². The van der Waals surface area contributed by atoms with Crippen LogP contribution in [0, 0.1) is 0 Å². The van der Waals surface area contributed by atoms with Crippen LogP contribution in [0.3, 0.4) is 0 Å². The van der Waals surface area contributed by atoms with E-state index in [1.165, 1.54) is 11.0 Å². The number of nitrogens with zero attached hydrogens (tertiary/aromatic N) is 3. The van der Waals surface area contributed by atoms with Crippen molar-refractivity contribution < 1.29 is 9.47 Å². The standard InChI is InChI=1S/C11H14N4O2/c1-16-9-4-3-8(10(5-9)17-2)7-15-13-6-11(12)14-15/h3-6H,7H2,1-2H3,(H2,12,14). The van der Waals surface area contributed by atoms with E-state index in [4.69, 9.17) is 15.2 Å². The fourth-order valence-corrected chi connectivity index (χ4v) is 1.52. The minimum absolute atomic E-state index is 0.400. The van der Waals surface area contributed by atoms with Crippen LogP contribution in [0.15, 0.2) is 24.4 Å². The van der Waals surface area contributed by atoms with E-state index in [1.807, 2.05) is 18.2 Å². The number of methoxy groups -OCH3 is 2. The first-order chi connectivity index (χ1) is 8.22. The van der Waals surface area contributed by atoms with Crippen LogP contribution in [0.5, 0.6) is 11.5 Å². The van der Waals surface area contributed by atoms with Gasteiger partial charge in [0.05, 0.1) is 27.0 Å². The highest BCUT2D eigenvalue weighted by molar-refractivity contribution is 5.40. The largest absolute Gasteiger partial charge is 0.497 e. The van der Waals surface area contributed by atoms with Crippen molar-refractivity contribution in [1.82, 2.24) is 15.0 Å². The number of hydrogen-bond donors (Lipinski definition) is 1. The lowest BCUT2D eigenvalue weighted by Gasteiger charge is -2.09. The first-order valence-corrected chi connectivity index (χ1v) is 5.09. The molecule has 2 rings (SSSR count). The van der Waals surface area contributed by atoms with Gasteiger partial charge in [-0.1, -0.05) is 0 Å². The molecule has 2 N–H and O–H groups in total. The number of ether oxygens (including phenoxy) is 2. The van der Waals surface area contributed by atoms with Crippen molar-refractivity contribution in [1.29, 1.82) is 0 Å². The Hall–Kier alpha value is -2.24. The number of anilines is 1. The third-order valence-corrected chi connectivity index (χ3v) is 2.36. The molecule has 0 aliphatic heterocycles. The molecule has 1 aromatic carbocycles. The van der Waals surface area contributed by atoms with Gasteiger partial charge in [-0.05, 0) is 12.1 Å². The zero-order valence-corrected chi connectivity index (χ0v) is 9.75. The molecule has 0 saturated carbocycles. The van der Waals surface area contributed by atoms with Crippen molar-refractivity contribution in [3.05, 3.63) is 30.0 Å². The second-order valence-corrected chi connectivity index (χ2v) is 3.48. The summed E-state index contributed by atoms with van der Waals surface area (Å²) in [7, 11) is 3.23. The minimum atomic E-state index is 0.400. The molecule has 0 unspecified atom stereocenters. The first-order valence-electron chi connectivity index (χ1n) is 5.09. The summed E-state index contributed by atoms with van der Waals surface area (Å²) in [5.74, 6) is 1.89. The second-order valence-electron chi connectivity index (χ2n) is 3.48. The molecule has 0 aliphatic rings. The molecular formula is C11H14N4O2. The van der Waals surface area contributed by atoms with Crippen LogP contribution in [-0.4, -0.2) is 29.2 Å². The van der Waals surface area contributed by atoms with E-state index in [0.29, 0.717) is 12.4 Å². The molecular weight excluding hydrogens is 220 g/mol. The van der Waals surface area contributed by atoms with Crippen molar-refractivity contribution >= 4 is 5.82 Å². The quantitative estimate of drug-likeness (QED) is 0.851. The fraction of sp³-hybridized carbons (Fsp3) is 0.273. The molecule has 90 valence electrons. The van der Waals surface area contributed by atoms with Crippen molar-refractivity contribution in [2.75, 3.05) is 20.0 Å². The summed E-state index contributed by atoms with van der Waals surface area (Å²) in [6.07, 6.45) is 1.51. The van der Waals surface area contributed by atoms with Gasteiger partial charge in [0.1, 0.15) is 11.5 Å². The number of nitrogens with two attached hydrogens (primary N) is 1. The molecule has 1 aromatic heterocycles. The predicted molar refractivity (Wildman–Crippen MR) is 63.1 cm³/mol. The Bertz CT molecular complexity index is 510. The van der Waals surface area contributed by atoms with Crippen LogP contribution in [0.2, 0.25) is 0 Å². The lowest BCUT2D eigenvalue weighted by atomic mass is 10.2. The van der Waals surface area contributed by atoms with Gasteiger partial charge in [-0.2, -0.15) is 9.90 Å². The van der Waals surface area contributed by atoms with Crippen LogP contribution in [0.1, 0.15) is 5.56 Å². The molecule has 6 nitrogen and oxygen atoms in total. The van der Waals surface area contributed by atoms with Crippen molar-refractivity contribution in [3.8, 4) is 11.5 Å². The van der Waals surface area contributed by atoms with E-state index in [2.05, 4.69) is 10.2 Å². The average molecular weight is 234 g/mol. The zero-order valence-electron chi connectivity index (χ0n) is 9.75.